The Morgan fingerprint density at radius 2 is 2.11 bits per heavy atom. The van der Waals surface area contributed by atoms with Crippen molar-refractivity contribution in [3.63, 3.8) is 0 Å². The highest BCUT2D eigenvalue weighted by atomic mass is 19.1. The van der Waals surface area contributed by atoms with Gasteiger partial charge in [0.15, 0.2) is 0 Å². The van der Waals surface area contributed by atoms with Gasteiger partial charge in [0, 0.05) is 32.0 Å². The molecule has 0 spiro atoms. The molecule has 2 atom stereocenters. The molecule has 27 heavy (non-hydrogen) atoms. The van der Waals surface area contributed by atoms with Gasteiger partial charge in [-0.15, -0.1) is 0 Å². The van der Waals surface area contributed by atoms with Gasteiger partial charge in [0.1, 0.15) is 11.5 Å². The molecule has 3 aromatic rings. The first kappa shape index (κ1) is 16.5. The molecule has 7 heteroatoms. The maximum absolute atomic E-state index is 13.2. The molecule has 2 aliphatic rings. The molecule has 1 aliphatic heterocycles. The fraction of sp³-hybridized carbons (Fsp3) is 0.400. The molecule has 3 heterocycles. The topological polar surface area (TPSA) is 67.9 Å². The second-order valence-corrected chi connectivity index (χ2v) is 7.56. The second kappa shape index (κ2) is 6.49. The van der Waals surface area contributed by atoms with E-state index >= 15 is 0 Å². The van der Waals surface area contributed by atoms with Gasteiger partial charge in [-0.25, -0.2) is 9.37 Å². The number of rotatable bonds is 4. The minimum Gasteiger partial charge on any atom is -0.338 e. The number of likely N-dealkylation sites (tertiary alicyclic amines) is 1. The van der Waals surface area contributed by atoms with E-state index < -0.39 is 0 Å². The lowest BCUT2D eigenvalue weighted by molar-refractivity contribution is 0.245. The number of hydrogen-bond donors (Lipinski definition) is 0. The summed E-state index contributed by atoms with van der Waals surface area (Å²) in [5, 5.41) is 4.16. The SMILES string of the molecule is Fc1ccc(CN2C[C@H]3CCC[C@@]3(c3nc(-c4cnccn4)no3)C2)cc1. The second-order valence-electron chi connectivity index (χ2n) is 7.56. The van der Waals surface area contributed by atoms with Gasteiger partial charge in [-0.05, 0) is 36.5 Å². The van der Waals surface area contributed by atoms with Crippen LogP contribution in [0.25, 0.3) is 11.5 Å². The van der Waals surface area contributed by atoms with Crippen molar-refractivity contribution < 1.29 is 8.91 Å². The fourth-order valence-electron chi connectivity index (χ4n) is 4.66. The molecule has 2 fully saturated rings. The van der Waals surface area contributed by atoms with Crippen LogP contribution in [-0.2, 0) is 12.0 Å². The summed E-state index contributed by atoms with van der Waals surface area (Å²) < 4.78 is 18.9. The zero-order chi connectivity index (χ0) is 18.3. The van der Waals surface area contributed by atoms with Gasteiger partial charge in [-0.1, -0.05) is 23.7 Å². The highest BCUT2D eigenvalue weighted by molar-refractivity contribution is 5.46. The molecule has 0 bridgehead atoms. The maximum atomic E-state index is 13.2. The summed E-state index contributed by atoms with van der Waals surface area (Å²) in [5.74, 6) is 1.52. The average molecular weight is 365 g/mol. The van der Waals surface area contributed by atoms with E-state index in [2.05, 4.69) is 20.0 Å². The van der Waals surface area contributed by atoms with E-state index in [1.54, 1.807) is 18.6 Å². The first-order valence-electron chi connectivity index (χ1n) is 9.30. The molecule has 1 aliphatic carbocycles. The van der Waals surface area contributed by atoms with Gasteiger partial charge in [0.25, 0.3) is 0 Å². The lowest BCUT2D eigenvalue weighted by Crippen LogP contribution is -2.32. The summed E-state index contributed by atoms with van der Waals surface area (Å²) in [4.78, 5) is 15.5. The number of nitrogens with zero attached hydrogens (tertiary/aromatic N) is 5. The highest BCUT2D eigenvalue weighted by Crippen LogP contribution is 2.50. The zero-order valence-corrected chi connectivity index (χ0v) is 14.9. The Morgan fingerprint density at radius 1 is 1.22 bits per heavy atom. The summed E-state index contributed by atoms with van der Waals surface area (Å²) >= 11 is 0. The summed E-state index contributed by atoms with van der Waals surface area (Å²) in [7, 11) is 0. The first-order valence-corrected chi connectivity index (χ1v) is 9.30. The monoisotopic (exact) mass is 365 g/mol. The van der Waals surface area contributed by atoms with Gasteiger partial charge >= 0.3 is 0 Å². The molecular weight excluding hydrogens is 345 g/mol. The molecule has 6 nitrogen and oxygen atoms in total. The van der Waals surface area contributed by atoms with Gasteiger partial charge in [-0.2, -0.15) is 4.98 Å². The molecule has 0 radical (unpaired) electrons. The van der Waals surface area contributed by atoms with Gasteiger partial charge < -0.3 is 4.52 Å². The molecule has 0 N–H and O–H groups in total. The van der Waals surface area contributed by atoms with Crippen LogP contribution in [0.5, 0.6) is 0 Å². The highest BCUT2D eigenvalue weighted by Gasteiger charge is 2.54. The standard InChI is InChI=1S/C20H20FN5O/c21-16-5-3-14(4-6-16)11-26-12-15-2-1-7-20(15,13-26)19-24-18(25-27-19)17-10-22-8-9-23-17/h3-6,8-10,15H,1-2,7,11-13H2/t15-,20-/m1/s1. The van der Waals surface area contributed by atoms with E-state index in [4.69, 9.17) is 9.51 Å². The van der Waals surface area contributed by atoms with E-state index in [1.807, 2.05) is 12.1 Å². The molecule has 1 saturated carbocycles. The van der Waals surface area contributed by atoms with Crippen LogP contribution in [0.2, 0.25) is 0 Å². The molecule has 0 amide bonds. The predicted octanol–water partition coefficient (Wildman–Crippen LogP) is 3.22. The lowest BCUT2D eigenvalue weighted by Gasteiger charge is -2.24. The van der Waals surface area contributed by atoms with Crippen LogP contribution in [0, 0.1) is 11.7 Å². The number of benzene rings is 1. The Hall–Kier alpha value is -2.67. The smallest absolute Gasteiger partial charge is 0.234 e. The average Bonchev–Trinajstić information content (AvgIpc) is 3.38. The van der Waals surface area contributed by atoms with Crippen LogP contribution in [0.15, 0.2) is 47.4 Å². The summed E-state index contributed by atoms with van der Waals surface area (Å²) in [6.07, 6.45) is 8.30. The van der Waals surface area contributed by atoms with E-state index in [0.717, 1.165) is 31.6 Å². The predicted molar refractivity (Wildman–Crippen MR) is 96.0 cm³/mol. The van der Waals surface area contributed by atoms with Crippen LogP contribution in [-0.4, -0.2) is 38.1 Å². The largest absolute Gasteiger partial charge is 0.338 e. The fourth-order valence-corrected chi connectivity index (χ4v) is 4.66. The minimum atomic E-state index is -0.198. The molecule has 5 rings (SSSR count). The third-order valence-electron chi connectivity index (χ3n) is 5.90. The van der Waals surface area contributed by atoms with Crippen molar-refractivity contribution in [2.45, 2.75) is 31.2 Å². The van der Waals surface area contributed by atoms with Gasteiger partial charge in [0.2, 0.25) is 11.7 Å². The van der Waals surface area contributed by atoms with Crippen molar-refractivity contribution in [3.05, 3.63) is 60.1 Å². The Kier molecular flexibility index (Phi) is 3.97. The van der Waals surface area contributed by atoms with Crippen LogP contribution < -0.4 is 0 Å². The molecule has 0 unspecified atom stereocenters. The van der Waals surface area contributed by atoms with Crippen molar-refractivity contribution in [2.24, 2.45) is 5.92 Å². The number of hydrogen-bond acceptors (Lipinski definition) is 6. The zero-order valence-electron chi connectivity index (χ0n) is 14.9. The van der Waals surface area contributed by atoms with Crippen LogP contribution in [0.3, 0.4) is 0 Å². The van der Waals surface area contributed by atoms with Crippen molar-refractivity contribution in [3.8, 4) is 11.5 Å². The maximum Gasteiger partial charge on any atom is 0.234 e. The van der Waals surface area contributed by atoms with E-state index in [1.165, 1.54) is 25.0 Å². The molecule has 1 saturated heterocycles. The van der Waals surface area contributed by atoms with E-state index in [0.29, 0.717) is 23.3 Å². The summed E-state index contributed by atoms with van der Waals surface area (Å²) in [5.41, 5.74) is 1.66. The van der Waals surface area contributed by atoms with Crippen molar-refractivity contribution >= 4 is 0 Å². The third-order valence-corrected chi connectivity index (χ3v) is 5.90. The number of fused-ring (bicyclic) bond motifs is 1. The Bertz CT molecular complexity index is 929. The first-order chi connectivity index (χ1) is 13.2. The Balaban J connectivity index is 1.39. The summed E-state index contributed by atoms with van der Waals surface area (Å²) in [6.45, 7) is 2.70. The molecular formula is C20H20FN5O. The third kappa shape index (κ3) is 2.92. The van der Waals surface area contributed by atoms with Crippen molar-refractivity contribution in [1.82, 2.24) is 25.0 Å². The van der Waals surface area contributed by atoms with Crippen LogP contribution in [0.1, 0.15) is 30.7 Å². The Morgan fingerprint density at radius 3 is 2.93 bits per heavy atom. The summed E-state index contributed by atoms with van der Waals surface area (Å²) in [6, 6.07) is 6.75. The quantitative estimate of drug-likeness (QED) is 0.707. The van der Waals surface area contributed by atoms with E-state index in [9.17, 15) is 4.39 Å². The molecule has 138 valence electrons. The lowest BCUT2D eigenvalue weighted by atomic mass is 9.80. The molecule has 1 aromatic carbocycles. The van der Waals surface area contributed by atoms with Crippen LogP contribution in [0.4, 0.5) is 4.39 Å². The Labute approximate surface area is 156 Å². The molecule has 2 aromatic heterocycles. The van der Waals surface area contributed by atoms with Gasteiger partial charge in [-0.3, -0.25) is 9.88 Å². The van der Waals surface area contributed by atoms with Crippen molar-refractivity contribution in [2.75, 3.05) is 13.1 Å². The minimum absolute atomic E-state index is 0.0898. The number of aromatic nitrogens is 4. The number of halogens is 1. The van der Waals surface area contributed by atoms with Crippen molar-refractivity contribution in [1.29, 1.82) is 0 Å². The normalized spacial score (nSPS) is 25.0. The van der Waals surface area contributed by atoms with E-state index in [-0.39, 0.29) is 11.2 Å². The van der Waals surface area contributed by atoms with Crippen LogP contribution >= 0.6 is 0 Å². The van der Waals surface area contributed by atoms with Gasteiger partial charge in [0.05, 0.1) is 11.6 Å².